The van der Waals surface area contributed by atoms with Gasteiger partial charge in [0.05, 0.1) is 6.10 Å². The lowest BCUT2D eigenvalue weighted by Crippen LogP contribution is -2.49. The smallest absolute Gasteiger partial charge is 0.0802 e. The van der Waals surface area contributed by atoms with Crippen LogP contribution in [0.1, 0.15) is 11.1 Å². The highest BCUT2D eigenvalue weighted by molar-refractivity contribution is 6.18. The van der Waals surface area contributed by atoms with E-state index in [0.29, 0.717) is 12.4 Å². The molecule has 4 heteroatoms. The maximum absolute atomic E-state index is 9.59. The number of nitrogens with zero attached hydrogens (tertiary/aromatic N) is 2. The molecule has 106 valence electrons. The Morgan fingerprint density at radius 3 is 2.53 bits per heavy atom. The number of hydrogen-bond acceptors (Lipinski definition) is 3. The monoisotopic (exact) mass is 282 g/mol. The third-order valence-corrected chi connectivity index (χ3v) is 4.29. The SMILES string of the molecule is Cc1cccc(N2CCN(CC(O)CCl)CC2)c1C. The van der Waals surface area contributed by atoms with Crippen LogP contribution >= 0.6 is 11.6 Å². The quantitative estimate of drug-likeness (QED) is 0.856. The van der Waals surface area contributed by atoms with Gasteiger partial charge < -0.3 is 10.0 Å². The maximum Gasteiger partial charge on any atom is 0.0802 e. The van der Waals surface area contributed by atoms with Crippen LogP contribution in [0.2, 0.25) is 0 Å². The van der Waals surface area contributed by atoms with Crippen LogP contribution in [0.3, 0.4) is 0 Å². The molecule has 0 aliphatic carbocycles. The Labute approximate surface area is 120 Å². The Hall–Kier alpha value is -0.770. The Balaban J connectivity index is 1.94. The van der Waals surface area contributed by atoms with E-state index < -0.39 is 6.10 Å². The van der Waals surface area contributed by atoms with E-state index in [2.05, 4.69) is 41.8 Å². The number of hydrogen-bond donors (Lipinski definition) is 1. The lowest BCUT2D eigenvalue weighted by Gasteiger charge is -2.37. The number of piperazine rings is 1. The molecule has 2 rings (SSSR count). The second-order valence-electron chi connectivity index (χ2n) is 5.31. The summed E-state index contributed by atoms with van der Waals surface area (Å²) in [5.41, 5.74) is 4.06. The Morgan fingerprint density at radius 2 is 1.89 bits per heavy atom. The number of alkyl halides is 1. The van der Waals surface area contributed by atoms with E-state index in [1.54, 1.807) is 0 Å². The second-order valence-corrected chi connectivity index (χ2v) is 5.62. The molecule has 0 spiro atoms. The zero-order valence-electron chi connectivity index (χ0n) is 11.8. The number of benzene rings is 1. The van der Waals surface area contributed by atoms with Crippen LogP contribution in [-0.4, -0.2) is 54.7 Å². The van der Waals surface area contributed by atoms with Gasteiger partial charge in [0.1, 0.15) is 0 Å². The average molecular weight is 283 g/mol. The van der Waals surface area contributed by atoms with Gasteiger partial charge in [-0.1, -0.05) is 12.1 Å². The van der Waals surface area contributed by atoms with Gasteiger partial charge in [-0.05, 0) is 31.0 Å². The van der Waals surface area contributed by atoms with Gasteiger partial charge in [-0.25, -0.2) is 0 Å². The minimum absolute atomic E-state index is 0.317. The summed E-state index contributed by atoms with van der Waals surface area (Å²) >= 11 is 5.65. The van der Waals surface area contributed by atoms with E-state index >= 15 is 0 Å². The highest BCUT2D eigenvalue weighted by Gasteiger charge is 2.20. The summed E-state index contributed by atoms with van der Waals surface area (Å²) in [5, 5.41) is 9.59. The van der Waals surface area contributed by atoms with Crippen LogP contribution < -0.4 is 4.90 Å². The topological polar surface area (TPSA) is 26.7 Å². The molecule has 0 radical (unpaired) electrons. The minimum Gasteiger partial charge on any atom is -0.391 e. The van der Waals surface area contributed by atoms with Crippen LogP contribution in [0.4, 0.5) is 5.69 Å². The molecule has 1 unspecified atom stereocenters. The molecule has 1 fully saturated rings. The normalized spacial score (nSPS) is 18.6. The summed E-state index contributed by atoms with van der Waals surface area (Å²) < 4.78 is 0. The fourth-order valence-corrected chi connectivity index (χ4v) is 2.69. The zero-order chi connectivity index (χ0) is 13.8. The fraction of sp³-hybridized carbons (Fsp3) is 0.600. The third-order valence-electron chi connectivity index (χ3n) is 3.94. The lowest BCUT2D eigenvalue weighted by molar-refractivity contribution is 0.125. The van der Waals surface area contributed by atoms with E-state index in [1.165, 1.54) is 16.8 Å². The van der Waals surface area contributed by atoms with Gasteiger partial charge in [-0.3, -0.25) is 4.90 Å². The minimum atomic E-state index is -0.408. The summed E-state index contributed by atoms with van der Waals surface area (Å²) in [4.78, 5) is 4.72. The van der Waals surface area contributed by atoms with Crippen molar-refractivity contribution < 1.29 is 5.11 Å². The average Bonchev–Trinajstić information content (AvgIpc) is 2.43. The van der Waals surface area contributed by atoms with Crippen molar-refractivity contribution in [1.29, 1.82) is 0 Å². The van der Waals surface area contributed by atoms with E-state index in [-0.39, 0.29) is 0 Å². The van der Waals surface area contributed by atoms with Gasteiger partial charge >= 0.3 is 0 Å². The van der Waals surface area contributed by atoms with E-state index in [4.69, 9.17) is 11.6 Å². The van der Waals surface area contributed by atoms with Gasteiger partial charge in [0.25, 0.3) is 0 Å². The summed E-state index contributed by atoms with van der Waals surface area (Å²) in [7, 11) is 0. The predicted molar refractivity (Wildman–Crippen MR) is 81.3 cm³/mol. The molecule has 1 N–H and O–H groups in total. The molecule has 1 heterocycles. The Bertz CT molecular complexity index is 417. The van der Waals surface area contributed by atoms with Crippen LogP contribution in [0, 0.1) is 13.8 Å². The number of aryl methyl sites for hydroxylation is 1. The molecule has 1 atom stereocenters. The van der Waals surface area contributed by atoms with Gasteiger partial charge in [0.15, 0.2) is 0 Å². The molecule has 1 aromatic carbocycles. The first kappa shape index (κ1) is 14.6. The van der Waals surface area contributed by atoms with E-state index in [0.717, 1.165) is 26.2 Å². The first-order valence-electron chi connectivity index (χ1n) is 6.89. The van der Waals surface area contributed by atoms with Crippen LogP contribution in [0.25, 0.3) is 0 Å². The highest BCUT2D eigenvalue weighted by Crippen LogP contribution is 2.23. The van der Waals surface area contributed by atoms with Crippen molar-refractivity contribution in [1.82, 2.24) is 4.90 Å². The van der Waals surface area contributed by atoms with E-state index in [9.17, 15) is 5.11 Å². The molecule has 0 saturated carbocycles. The van der Waals surface area contributed by atoms with Crippen molar-refractivity contribution >= 4 is 17.3 Å². The molecule has 1 saturated heterocycles. The number of anilines is 1. The van der Waals surface area contributed by atoms with E-state index in [1.807, 2.05) is 0 Å². The van der Waals surface area contributed by atoms with Crippen LogP contribution in [0.5, 0.6) is 0 Å². The summed E-state index contributed by atoms with van der Waals surface area (Å²) in [6.07, 6.45) is -0.408. The highest BCUT2D eigenvalue weighted by atomic mass is 35.5. The number of β-amino-alcohol motifs (C(OH)–C–C–N with tert-alkyl or cyclic N) is 1. The zero-order valence-corrected chi connectivity index (χ0v) is 12.5. The fourth-order valence-electron chi connectivity index (χ4n) is 2.60. The standard InChI is InChI=1S/C15H23ClN2O/c1-12-4-3-5-15(13(12)2)18-8-6-17(7-9-18)11-14(19)10-16/h3-5,14,19H,6-11H2,1-2H3. The molecule has 19 heavy (non-hydrogen) atoms. The second kappa shape index (κ2) is 6.60. The van der Waals surface area contributed by atoms with Gasteiger partial charge in [-0.15, -0.1) is 11.6 Å². The van der Waals surface area contributed by atoms with Crippen molar-refractivity contribution in [2.24, 2.45) is 0 Å². The number of rotatable bonds is 4. The van der Waals surface area contributed by atoms with Gasteiger partial charge in [-0.2, -0.15) is 0 Å². The molecule has 0 amide bonds. The summed E-state index contributed by atoms with van der Waals surface area (Å²) in [5.74, 6) is 0.317. The van der Waals surface area contributed by atoms with Crippen LogP contribution in [0.15, 0.2) is 18.2 Å². The van der Waals surface area contributed by atoms with Gasteiger partial charge in [0.2, 0.25) is 0 Å². The van der Waals surface area contributed by atoms with Crippen molar-refractivity contribution in [3.63, 3.8) is 0 Å². The van der Waals surface area contributed by atoms with Crippen molar-refractivity contribution in [3.8, 4) is 0 Å². The van der Waals surface area contributed by atoms with Crippen molar-refractivity contribution in [2.45, 2.75) is 20.0 Å². The Morgan fingerprint density at radius 1 is 1.21 bits per heavy atom. The van der Waals surface area contributed by atoms with Crippen LogP contribution in [-0.2, 0) is 0 Å². The predicted octanol–water partition coefficient (Wildman–Crippen LogP) is 2.03. The molecule has 1 aliphatic heterocycles. The summed E-state index contributed by atoms with van der Waals surface area (Å²) in [6, 6.07) is 6.48. The first-order chi connectivity index (χ1) is 9.11. The number of halogens is 1. The third kappa shape index (κ3) is 3.62. The van der Waals surface area contributed by atoms with Crippen molar-refractivity contribution in [3.05, 3.63) is 29.3 Å². The maximum atomic E-state index is 9.59. The largest absolute Gasteiger partial charge is 0.391 e. The summed E-state index contributed by atoms with van der Waals surface area (Å²) in [6.45, 7) is 9.03. The Kier molecular flexibility index (Phi) is 5.08. The molecule has 1 aliphatic rings. The lowest BCUT2D eigenvalue weighted by atomic mass is 10.1. The number of aliphatic hydroxyl groups excluding tert-OH is 1. The number of aliphatic hydroxyl groups is 1. The first-order valence-corrected chi connectivity index (χ1v) is 7.43. The molecule has 1 aromatic rings. The molecule has 3 nitrogen and oxygen atoms in total. The molecule has 0 aromatic heterocycles. The van der Waals surface area contributed by atoms with Crippen molar-refractivity contribution in [2.75, 3.05) is 43.5 Å². The molecular formula is C15H23ClN2O. The molecular weight excluding hydrogens is 260 g/mol. The molecule has 0 bridgehead atoms. The van der Waals surface area contributed by atoms with Gasteiger partial charge in [0, 0.05) is 44.3 Å².